The number of nitrogens with zero attached hydrogens (tertiary/aromatic N) is 1. The lowest BCUT2D eigenvalue weighted by Crippen LogP contribution is -2.43. The summed E-state index contributed by atoms with van der Waals surface area (Å²) in [6.45, 7) is 7.30. The Morgan fingerprint density at radius 1 is 1.24 bits per heavy atom. The van der Waals surface area contributed by atoms with Crippen molar-refractivity contribution in [1.82, 2.24) is 4.90 Å². The van der Waals surface area contributed by atoms with E-state index in [9.17, 15) is 0 Å². The van der Waals surface area contributed by atoms with E-state index in [1.54, 1.807) is 7.11 Å². The maximum Gasteiger partial charge on any atom is 0.119 e. The summed E-state index contributed by atoms with van der Waals surface area (Å²) in [4.78, 5) is 2.78. The minimum Gasteiger partial charge on any atom is -0.497 e. The zero-order valence-corrected chi connectivity index (χ0v) is 13.8. The summed E-state index contributed by atoms with van der Waals surface area (Å²) in [6, 6.07) is 7.37. The highest BCUT2D eigenvalue weighted by Gasteiger charge is 2.33. The molecule has 2 atom stereocenters. The van der Waals surface area contributed by atoms with Crippen molar-refractivity contribution in [3.8, 4) is 5.75 Å². The average Bonchev–Trinajstić information content (AvgIpc) is 3.31. The molecule has 2 nitrogen and oxygen atoms in total. The second-order valence-electron chi connectivity index (χ2n) is 6.90. The molecule has 3 rings (SSSR count). The van der Waals surface area contributed by atoms with E-state index >= 15 is 0 Å². The summed E-state index contributed by atoms with van der Waals surface area (Å²) in [5, 5.41) is 0. The van der Waals surface area contributed by atoms with Gasteiger partial charge in [0.1, 0.15) is 5.75 Å². The molecule has 1 aromatic carbocycles. The van der Waals surface area contributed by atoms with Crippen molar-refractivity contribution < 1.29 is 4.74 Å². The molecule has 1 fully saturated rings. The summed E-state index contributed by atoms with van der Waals surface area (Å²) in [6.07, 6.45) is 6.70. The first-order valence-electron chi connectivity index (χ1n) is 8.63. The SMILES string of the molecule is CCCN(CC1CC1)C1CCc2ccc(OC)cc2C1C. The van der Waals surface area contributed by atoms with Crippen molar-refractivity contribution in [2.75, 3.05) is 20.2 Å². The summed E-state index contributed by atoms with van der Waals surface area (Å²) < 4.78 is 5.43. The number of aryl methyl sites for hydroxylation is 1. The van der Waals surface area contributed by atoms with Crippen LogP contribution >= 0.6 is 0 Å². The first-order valence-corrected chi connectivity index (χ1v) is 8.63. The van der Waals surface area contributed by atoms with Crippen LogP contribution in [0.25, 0.3) is 0 Å². The van der Waals surface area contributed by atoms with Crippen molar-refractivity contribution in [1.29, 1.82) is 0 Å². The molecule has 2 heteroatoms. The van der Waals surface area contributed by atoms with Crippen molar-refractivity contribution in [2.24, 2.45) is 5.92 Å². The van der Waals surface area contributed by atoms with Gasteiger partial charge in [-0.15, -0.1) is 0 Å². The second kappa shape index (κ2) is 6.39. The predicted octanol–water partition coefficient (Wildman–Crippen LogP) is 4.24. The number of hydrogen-bond donors (Lipinski definition) is 0. The zero-order chi connectivity index (χ0) is 14.8. The molecule has 0 aliphatic heterocycles. The molecule has 0 heterocycles. The monoisotopic (exact) mass is 287 g/mol. The molecule has 0 aromatic heterocycles. The first-order chi connectivity index (χ1) is 10.2. The van der Waals surface area contributed by atoms with E-state index in [1.807, 2.05) is 0 Å². The smallest absolute Gasteiger partial charge is 0.119 e. The Labute approximate surface area is 129 Å². The Morgan fingerprint density at radius 3 is 2.71 bits per heavy atom. The fourth-order valence-electron chi connectivity index (χ4n) is 3.92. The molecule has 2 unspecified atom stereocenters. The molecule has 0 bridgehead atoms. The fourth-order valence-corrected chi connectivity index (χ4v) is 3.92. The lowest BCUT2D eigenvalue weighted by atomic mass is 9.79. The number of methoxy groups -OCH3 is 1. The van der Waals surface area contributed by atoms with Crippen LogP contribution in [0.15, 0.2) is 18.2 Å². The number of rotatable bonds is 6. The van der Waals surface area contributed by atoms with E-state index in [1.165, 1.54) is 56.3 Å². The van der Waals surface area contributed by atoms with Crippen LogP contribution < -0.4 is 4.74 Å². The highest BCUT2D eigenvalue weighted by molar-refractivity contribution is 5.40. The standard InChI is InChI=1S/C19H29NO/c1-4-11-20(13-15-5-6-15)19-10-8-16-7-9-17(21-3)12-18(16)14(19)2/h7,9,12,14-15,19H,4-6,8,10-11,13H2,1-3H3. The molecule has 0 spiro atoms. The predicted molar refractivity (Wildman–Crippen MR) is 88.1 cm³/mol. The molecule has 0 radical (unpaired) electrons. The van der Waals surface area contributed by atoms with E-state index in [-0.39, 0.29) is 0 Å². The lowest BCUT2D eigenvalue weighted by Gasteiger charge is -2.40. The summed E-state index contributed by atoms with van der Waals surface area (Å²) >= 11 is 0. The highest BCUT2D eigenvalue weighted by atomic mass is 16.5. The lowest BCUT2D eigenvalue weighted by molar-refractivity contribution is 0.152. The van der Waals surface area contributed by atoms with Crippen LogP contribution in [0, 0.1) is 5.92 Å². The van der Waals surface area contributed by atoms with Gasteiger partial charge in [-0.3, -0.25) is 4.90 Å². The summed E-state index contributed by atoms with van der Waals surface area (Å²) in [5.41, 5.74) is 3.05. The zero-order valence-electron chi connectivity index (χ0n) is 13.8. The van der Waals surface area contributed by atoms with E-state index in [0.29, 0.717) is 12.0 Å². The van der Waals surface area contributed by atoms with Crippen LogP contribution in [0.4, 0.5) is 0 Å². The fraction of sp³-hybridized carbons (Fsp3) is 0.684. The van der Waals surface area contributed by atoms with Gasteiger partial charge < -0.3 is 4.74 Å². The van der Waals surface area contributed by atoms with Gasteiger partial charge in [0.15, 0.2) is 0 Å². The quantitative estimate of drug-likeness (QED) is 0.776. The van der Waals surface area contributed by atoms with Gasteiger partial charge in [0.25, 0.3) is 0 Å². The number of hydrogen-bond acceptors (Lipinski definition) is 2. The summed E-state index contributed by atoms with van der Waals surface area (Å²) in [7, 11) is 1.77. The van der Waals surface area contributed by atoms with Gasteiger partial charge in [0, 0.05) is 12.6 Å². The minimum absolute atomic E-state index is 0.620. The molecule has 116 valence electrons. The first kappa shape index (κ1) is 14.9. The van der Waals surface area contributed by atoms with Crippen molar-refractivity contribution in [3.05, 3.63) is 29.3 Å². The van der Waals surface area contributed by atoms with Crippen LogP contribution in [0.5, 0.6) is 5.75 Å². The maximum absolute atomic E-state index is 5.43. The van der Waals surface area contributed by atoms with Gasteiger partial charge in [-0.2, -0.15) is 0 Å². The second-order valence-corrected chi connectivity index (χ2v) is 6.90. The van der Waals surface area contributed by atoms with Crippen molar-refractivity contribution >= 4 is 0 Å². The molecule has 0 saturated heterocycles. The maximum atomic E-state index is 5.43. The van der Waals surface area contributed by atoms with Gasteiger partial charge in [-0.05, 0) is 73.7 Å². The van der Waals surface area contributed by atoms with Gasteiger partial charge >= 0.3 is 0 Å². The Balaban J connectivity index is 1.79. The van der Waals surface area contributed by atoms with Crippen molar-refractivity contribution in [2.45, 2.75) is 57.9 Å². The average molecular weight is 287 g/mol. The molecule has 0 N–H and O–H groups in total. The Kier molecular flexibility index (Phi) is 4.54. The number of benzene rings is 1. The van der Waals surface area contributed by atoms with Gasteiger partial charge in [0.05, 0.1) is 7.11 Å². The molecule has 2 aliphatic rings. The van der Waals surface area contributed by atoms with Gasteiger partial charge in [-0.1, -0.05) is 19.9 Å². The number of ether oxygens (including phenoxy) is 1. The van der Waals surface area contributed by atoms with Gasteiger partial charge in [0.2, 0.25) is 0 Å². The van der Waals surface area contributed by atoms with Crippen molar-refractivity contribution in [3.63, 3.8) is 0 Å². The minimum atomic E-state index is 0.620. The van der Waals surface area contributed by atoms with Crippen LogP contribution in [0.2, 0.25) is 0 Å². The third-order valence-corrected chi connectivity index (χ3v) is 5.30. The molecule has 21 heavy (non-hydrogen) atoms. The molecule has 2 aliphatic carbocycles. The van der Waals surface area contributed by atoms with E-state index in [2.05, 4.69) is 36.9 Å². The van der Waals surface area contributed by atoms with E-state index in [0.717, 1.165) is 11.7 Å². The third kappa shape index (κ3) is 3.26. The molecular weight excluding hydrogens is 258 g/mol. The van der Waals surface area contributed by atoms with Crippen LogP contribution in [0.1, 0.15) is 56.6 Å². The van der Waals surface area contributed by atoms with Crippen LogP contribution in [0.3, 0.4) is 0 Å². The number of fused-ring (bicyclic) bond motifs is 1. The Hall–Kier alpha value is -1.02. The van der Waals surface area contributed by atoms with E-state index < -0.39 is 0 Å². The van der Waals surface area contributed by atoms with Crippen LogP contribution in [-0.2, 0) is 6.42 Å². The largest absolute Gasteiger partial charge is 0.497 e. The van der Waals surface area contributed by atoms with Gasteiger partial charge in [-0.25, -0.2) is 0 Å². The summed E-state index contributed by atoms with van der Waals surface area (Å²) in [5.74, 6) is 2.61. The molecule has 1 saturated carbocycles. The van der Waals surface area contributed by atoms with Crippen LogP contribution in [-0.4, -0.2) is 31.1 Å². The molecule has 1 aromatic rings. The molecule has 0 amide bonds. The Bertz CT molecular complexity index is 480. The Morgan fingerprint density at radius 2 is 2.05 bits per heavy atom. The third-order valence-electron chi connectivity index (χ3n) is 5.30. The molecular formula is C19H29NO. The van der Waals surface area contributed by atoms with E-state index in [4.69, 9.17) is 4.74 Å². The highest BCUT2D eigenvalue weighted by Crippen LogP contribution is 2.38. The topological polar surface area (TPSA) is 12.5 Å². The normalized spacial score (nSPS) is 25.0.